The Labute approximate surface area is 71.3 Å². The van der Waals surface area contributed by atoms with Crippen LogP contribution < -0.4 is 5.32 Å². The van der Waals surface area contributed by atoms with Gasteiger partial charge in [0.2, 0.25) is 0 Å². The summed E-state index contributed by atoms with van der Waals surface area (Å²) in [6.45, 7) is 5.08. The second kappa shape index (κ2) is 2.92. The van der Waals surface area contributed by atoms with Gasteiger partial charge in [-0.15, -0.1) is 0 Å². The standard InChI is InChI=1S/C8H14FNO2/c1-5(2)10-7(11)12-6-4-8(6,3)9/h5-6H,4H2,1-3H3,(H,10,11). The Morgan fingerprint density at radius 1 is 1.75 bits per heavy atom. The van der Waals surface area contributed by atoms with Gasteiger partial charge >= 0.3 is 6.09 Å². The van der Waals surface area contributed by atoms with Crippen molar-refractivity contribution in [2.24, 2.45) is 0 Å². The molecule has 2 atom stereocenters. The first-order valence-corrected chi connectivity index (χ1v) is 4.08. The number of carbonyl (C=O) groups excluding carboxylic acids is 1. The van der Waals surface area contributed by atoms with E-state index >= 15 is 0 Å². The van der Waals surface area contributed by atoms with Crippen LogP contribution in [0.2, 0.25) is 0 Å². The van der Waals surface area contributed by atoms with Crippen molar-refractivity contribution >= 4 is 6.09 Å². The number of alkyl halides is 1. The molecule has 0 aliphatic heterocycles. The molecule has 4 heteroatoms. The van der Waals surface area contributed by atoms with Crippen molar-refractivity contribution in [2.45, 2.75) is 45.0 Å². The fraction of sp³-hybridized carbons (Fsp3) is 0.875. The van der Waals surface area contributed by atoms with E-state index in [0.29, 0.717) is 6.42 Å². The minimum atomic E-state index is -1.30. The van der Waals surface area contributed by atoms with Gasteiger partial charge in [0.25, 0.3) is 0 Å². The molecule has 0 radical (unpaired) electrons. The number of hydrogen-bond acceptors (Lipinski definition) is 2. The van der Waals surface area contributed by atoms with Crippen LogP contribution in [0.15, 0.2) is 0 Å². The molecule has 1 saturated carbocycles. The molecular formula is C8H14FNO2. The molecule has 1 fully saturated rings. The lowest BCUT2D eigenvalue weighted by atomic mass is 10.4. The molecule has 3 nitrogen and oxygen atoms in total. The lowest BCUT2D eigenvalue weighted by molar-refractivity contribution is 0.111. The van der Waals surface area contributed by atoms with Gasteiger partial charge in [-0.3, -0.25) is 0 Å². The van der Waals surface area contributed by atoms with Crippen LogP contribution in [0, 0.1) is 0 Å². The summed E-state index contributed by atoms with van der Waals surface area (Å²) in [5, 5.41) is 2.52. The zero-order valence-corrected chi connectivity index (χ0v) is 7.56. The minimum absolute atomic E-state index is 0.0297. The molecule has 2 unspecified atom stereocenters. The quantitative estimate of drug-likeness (QED) is 0.692. The summed E-state index contributed by atoms with van der Waals surface area (Å²) in [5.74, 6) is 0. The van der Waals surface area contributed by atoms with Gasteiger partial charge in [0.05, 0.1) is 0 Å². The Kier molecular flexibility index (Phi) is 2.26. The van der Waals surface area contributed by atoms with Crippen LogP contribution in [-0.2, 0) is 4.74 Å². The molecule has 0 aromatic rings. The van der Waals surface area contributed by atoms with Crippen LogP contribution in [0.25, 0.3) is 0 Å². The summed E-state index contributed by atoms with van der Waals surface area (Å²) in [7, 11) is 0. The Morgan fingerprint density at radius 2 is 2.25 bits per heavy atom. The predicted octanol–water partition coefficient (Wildman–Crippen LogP) is 1.62. The number of amides is 1. The maximum absolute atomic E-state index is 12.9. The molecule has 1 N–H and O–H groups in total. The van der Waals surface area contributed by atoms with Gasteiger partial charge in [-0.1, -0.05) is 0 Å². The molecule has 0 spiro atoms. The third kappa shape index (κ3) is 2.36. The number of nitrogens with one attached hydrogen (secondary N) is 1. The summed E-state index contributed by atoms with van der Waals surface area (Å²) in [6.07, 6.45) is -0.758. The normalized spacial score (nSPS) is 33.2. The molecule has 0 saturated heterocycles. The lowest BCUT2D eigenvalue weighted by Gasteiger charge is -2.08. The minimum Gasteiger partial charge on any atom is -0.443 e. The molecule has 70 valence electrons. The summed E-state index contributed by atoms with van der Waals surface area (Å²) in [4.78, 5) is 10.9. The predicted molar refractivity (Wildman–Crippen MR) is 42.7 cm³/mol. The zero-order valence-electron chi connectivity index (χ0n) is 7.56. The van der Waals surface area contributed by atoms with Crippen molar-refractivity contribution in [1.29, 1.82) is 0 Å². The molecule has 1 aliphatic carbocycles. The summed E-state index contributed by atoms with van der Waals surface area (Å²) in [6, 6.07) is 0.0297. The van der Waals surface area contributed by atoms with Crippen LogP contribution in [0.1, 0.15) is 27.2 Å². The molecule has 12 heavy (non-hydrogen) atoms. The average Bonchev–Trinajstić information content (AvgIpc) is 2.35. The third-order valence-electron chi connectivity index (χ3n) is 1.75. The van der Waals surface area contributed by atoms with Crippen molar-refractivity contribution < 1.29 is 13.9 Å². The highest BCUT2D eigenvalue weighted by Crippen LogP contribution is 2.42. The topological polar surface area (TPSA) is 38.3 Å². The first-order chi connectivity index (χ1) is 5.42. The van der Waals surface area contributed by atoms with E-state index in [9.17, 15) is 9.18 Å². The van der Waals surface area contributed by atoms with Crippen molar-refractivity contribution in [3.8, 4) is 0 Å². The van der Waals surface area contributed by atoms with Crippen LogP contribution in [-0.4, -0.2) is 23.9 Å². The summed E-state index contributed by atoms with van der Waals surface area (Å²) in [5.41, 5.74) is -1.30. The Bertz CT molecular complexity index is 191. The van der Waals surface area contributed by atoms with Crippen molar-refractivity contribution in [1.82, 2.24) is 5.32 Å². The SMILES string of the molecule is CC(C)NC(=O)OC1CC1(C)F. The molecular weight excluding hydrogens is 161 g/mol. The van der Waals surface area contributed by atoms with Crippen molar-refractivity contribution in [3.63, 3.8) is 0 Å². The number of ether oxygens (including phenoxy) is 1. The van der Waals surface area contributed by atoms with Gasteiger partial charge in [0.15, 0.2) is 0 Å². The number of carbonyl (C=O) groups is 1. The monoisotopic (exact) mass is 175 g/mol. The molecule has 1 aliphatic rings. The van der Waals surface area contributed by atoms with Crippen molar-refractivity contribution in [2.75, 3.05) is 0 Å². The fourth-order valence-corrected chi connectivity index (χ4v) is 0.867. The first kappa shape index (κ1) is 9.29. The smallest absolute Gasteiger partial charge is 0.407 e. The maximum Gasteiger partial charge on any atom is 0.407 e. The third-order valence-corrected chi connectivity index (χ3v) is 1.75. The Hall–Kier alpha value is -0.800. The van der Waals surface area contributed by atoms with Gasteiger partial charge in [-0.05, 0) is 20.8 Å². The first-order valence-electron chi connectivity index (χ1n) is 4.08. The molecule has 0 heterocycles. The maximum atomic E-state index is 12.9. The zero-order chi connectivity index (χ0) is 9.35. The summed E-state index contributed by atoms with van der Waals surface area (Å²) < 4.78 is 17.6. The number of rotatable bonds is 2. The van der Waals surface area contributed by atoms with Gasteiger partial charge in [-0.25, -0.2) is 9.18 Å². The highest BCUT2D eigenvalue weighted by atomic mass is 19.1. The van der Waals surface area contributed by atoms with E-state index in [0.717, 1.165) is 0 Å². The second-order valence-electron chi connectivity index (χ2n) is 3.68. The van der Waals surface area contributed by atoms with Crippen LogP contribution >= 0.6 is 0 Å². The number of halogens is 1. The van der Waals surface area contributed by atoms with E-state index in [2.05, 4.69) is 5.32 Å². The average molecular weight is 175 g/mol. The van der Waals surface area contributed by atoms with E-state index < -0.39 is 17.9 Å². The van der Waals surface area contributed by atoms with E-state index in [1.165, 1.54) is 6.92 Å². The molecule has 1 amide bonds. The van der Waals surface area contributed by atoms with Gasteiger partial charge in [0.1, 0.15) is 11.8 Å². The van der Waals surface area contributed by atoms with Crippen molar-refractivity contribution in [3.05, 3.63) is 0 Å². The Morgan fingerprint density at radius 3 is 2.58 bits per heavy atom. The van der Waals surface area contributed by atoms with E-state index in [4.69, 9.17) is 4.74 Å². The molecule has 0 aromatic carbocycles. The van der Waals surface area contributed by atoms with E-state index in [1.807, 2.05) is 13.8 Å². The highest BCUT2D eigenvalue weighted by Gasteiger charge is 2.54. The molecule has 1 rings (SSSR count). The fourth-order valence-electron chi connectivity index (χ4n) is 0.867. The van der Waals surface area contributed by atoms with Crippen LogP contribution in [0.5, 0.6) is 0 Å². The number of alkyl carbamates (subject to hydrolysis) is 1. The Balaban J connectivity index is 2.21. The van der Waals surface area contributed by atoms with Gasteiger partial charge in [0, 0.05) is 12.5 Å². The van der Waals surface area contributed by atoms with Gasteiger partial charge in [-0.2, -0.15) is 0 Å². The second-order valence-corrected chi connectivity index (χ2v) is 3.68. The largest absolute Gasteiger partial charge is 0.443 e. The summed E-state index contributed by atoms with van der Waals surface area (Å²) >= 11 is 0. The van der Waals surface area contributed by atoms with Crippen LogP contribution in [0.4, 0.5) is 9.18 Å². The lowest BCUT2D eigenvalue weighted by Crippen LogP contribution is -2.32. The molecule has 0 bridgehead atoms. The highest BCUT2D eigenvalue weighted by molar-refractivity contribution is 5.68. The van der Waals surface area contributed by atoms with E-state index in [1.54, 1.807) is 0 Å². The number of hydrogen-bond donors (Lipinski definition) is 1. The van der Waals surface area contributed by atoms with E-state index in [-0.39, 0.29) is 6.04 Å². The molecule has 0 aromatic heterocycles. The van der Waals surface area contributed by atoms with Gasteiger partial charge < -0.3 is 10.1 Å². The van der Waals surface area contributed by atoms with Crippen LogP contribution in [0.3, 0.4) is 0 Å².